The molecule has 1 fully saturated rings. The van der Waals surface area contributed by atoms with E-state index in [1.165, 1.54) is 0 Å². The van der Waals surface area contributed by atoms with Gasteiger partial charge in [-0.25, -0.2) is 0 Å². The average Bonchev–Trinajstić information content (AvgIpc) is 2.38. The van der Waals surface area contributed by atoms with Crippen molar-refractivity contribution in [1.29, 1.82) is 0 Å². The summed E-state index contributed by atoms with van der Waals surface area (Å²) in [5, 5.41) is 3.36. The van der Waals surface area contributed by atoms with Crippen LogP contribution in [0, 0.1) is 5.41 Å². The smallest absolute Gasteiger partial charge is 0.240 e. The van der Waals surface area contributed by atoms with Crippen LogP contribution in [-0.4, -0.2) is 35.4 Å². The summed E-state index contributed by atoms with van der Waals surface area (Å²) in [5.74, 6) is 0.162. The van der Waals surface area contributed by atoms with E-state index in [0.29, 0.717) is 6.54 Å². The summed E-state index contributed by atoms with van der Waals surface area (Å²) in [6.45, 7) is 5.82. The molecule has 2 heterocycles. The highest BCUT2D eigenvalue weighted by molar-refractivity contribution is 5.82. The Morgan fingerprint density at radius 1 is 1.53 bits per heavy atom. The first-order chi connectivity index (χ1) is 9.00. The Morgan fingerprint density at radius 3 is 2.95 bits per heavy atom. The number of nitrogens with zero attached hydrogens (tertiary/aromatic N) is 2. The number of piperidine rings is 1. The molecule has 1 atom stereocenters. The average molecular weight is 261 g/mol. The summed E-state index contributed by atoms with van der Waals surface area (Å²) in [4.78, 5) is 18.6. The van der Waals surface area contributed by atoms with Gasteiger partial charge in [0.05, 0.1) is 18.3 Å². The molecule has 0 aromatic carbocycles. The fourth-order valence-electron chi connectivity index (χ4n) is 2.67. The highest BCUT2D eigenvalue weighted by Gasteiger charge is 2.38. The van der Waals surface area contributed by atoms with Gasteiger partial charge in [-0.2, -0.15) is 0 Å². The van der Waals surface area contributed by atoms with Gasteiger partial charge in [-0.1, -0.05) is 19.9 Å². The van der Waals surface area contributed by atoms with Crippen molar-refractivity contribution in [3.63, 3.8) is 0 Å². The van der Waals surface area contributed by atoms with Gasteiger partial charge in [0.1, 0.15) is 0 Å². The van der Waals surface area contributed by atoms with Gasteiger partial charge < -0.3 is 10.2 Å². The summed E-state index contributed by atoms with van der Waals surface area (Å²) < 4.78 is 0. The molecule has 1 aliphatic heterocycles. The SMILES string of the molecule is CN(Cc1ccccn1)C(=O)C1NCCCC1(C)C. The van der Waals surface area contributed by atoms with Gasteiger partial charge in [0.25, 0.3) is 0 Å². The standard InChI is InChI=1S/C15H23N3O/c1-15(2)8-6-10-17-13(15)14(19)18(3)11-12-7-4-5-9-16-12/h4-5,7,9,13,17H,6,8,10-11H2,1-3H3. The minimum Gasteiger partial charge on any atom is -0.338 e. The van der Waals surface area contributed by atoms with E-state index in [0.717, 1.165) is 25.1 Å². The van der Waals surface area contributed by atoms with Crippen LogP contribution in [0.3, 0.4) is 0 Å². The van der Waals surface area contributed by atoms with Crippen molar-refractivity contribution in [2.24, 2.45) is 5.41 Å². The molecule has 1 amide bonds. The number of amides is 1. The second-order valence-electron chi connectivity index (χ2n) is 5.99. The van der Waals surface area contributed by atoms with Crippen LogP contribution in [0.2, 0.25) is 0 Å². The molecule has 0 aliphatic carbocycles. The molecule has 1 saturated heterocycles. The Bertz CT molecular complexity index is 430. The van der Waals surface area contributed by atoms with Crippen molar-refractivity contribution >= 4 is 5.91 Å². The van der Waals surface area contributed by atoms with Gasteiger partial charge in [0.2, 0.25) is 5.91 Å². The van der Waals surface area contributed by atoms with E-state index in [-0.39, 0.29) is 17.4 Å². The summed E-state index contributed by atoms with van der Waals surface area (Å²) in [5.41, 5.74) is 0.945. The van der Waals surface area contributed by atoms with Gasteiger partial charge in [-0.15, -0.1) is 0 Å². The van der Waals surface area contributed by atoms with E-state index >= 15 is 0 Å². The van der Waals surface area contributed by atoms with Crippen molar-refractivity contribution in [2.75, 3.05) is 13.6 Å². The predicted molar refractivity (Wildman–Crippen MR) is 75.5 cm³/mol. The van der Waals surface area contributed by atoms with E-state index in [1.54, 1.807) is 11.1 Å². The lowest BCUT2D eigenvalue weighted by molar-refractivity contribution is -0.136. The molecular weight excluding hydrogens is 238 g/mol. The molecule has 0 saturated carbocycles. The van der Waals surface area contributed by atoms with Gasteiger partial charge in [-0.05, 0) is 36.9 Å². The van der Waals surface area contributed by atoms with Gasteiger partial charge >= 0.3 is 0 Å². The molecule has 0 spiro atoms. The number of hydrogen-bond donors (Lipinski definition) is 1. The van der Waals surface area contributed by atoms with E-state index in [2.05, 4.69) is 24.1 Å². The van der Waals surface area contributed by atoms with Gasteiger partial charge in [0.15, 0.2) is 0 Å². The molecule has 1 unspecified atom stereocenters. The topological polar surface area (TPSA) is 45.2 Å². The molecule has 19 heavy (non-hydrogen) atoms. The minimum atomic E-state index is -0.0880. The van der Waals surface area contributed by atoms with Crippen molar-refractivity contribution in [3.8, 4) is 0 Å². The lowest BCUT2D eigenvalue weighted by Gasteiger charge is -2.40. The molecule has 104 valence electrons. The van der Waals surface area contributed by atoms with Crippen LogP contribution in [0.4, 0.5) is 0 Å². The Kier molecular flexibility index (Phi) is 4.20. The van der Waals surface area contributed by atoms with Crippen LogP contribution in [0.25, 0.3) is 0 Å². The second-order valence-corrected chi connectivity index (χ2v) is 5.99. The van der Waals surface area contributed by atoms with Gasteiger partial charge in [-0.3, -0.25) is 9.78 Å². The fourth-order valence-corrected chi connectivity index (χ4v) is 2.67. The normalized spacial score (nSPS) is 21.9. The highest BCUT2D eigenvalue weighted by atomic mass is 16.2. The zero-order valence-corrected chi connectivity index (χ0v) is 12.0. The number of likely N-dealkylation sites (N-methyl/N-ethyl adjacent to an activating group) is 1. The molecular formula is C15H23N3O. The minimum absolute atomic E-state index is 0.0215. The molecule has 1 aliphatic rings. The molecule has 4 nitrogen and oxygen atoms in total. The van der Waals surface area contributed by atoms with E-state index in [9.17, 15) is 4.79 Å². The lowest BCUT2D eigenvalue weighted by Crippen LogP contribution is -2.55. The molecule has 2 rings (SSSR count). The number of carbonyl (C=O) groups is 1. The molecule has 1 N–H and O–H groups in total. The Hall–Kier alpha value is -1.42. The maximum absolute atomic E-state index is 12.6. The third kappa shape index (κ3) is 3.32. The zero-order valence-electron chi connectivity index (χ0n) is 12.0. The first kappa shape index (κ1) is 14.0. The van der Waals surface area contributed by atoms with Crippen molar-refractivity contribution < 1.29 is 4.79 Å². The number of carbonyl (C=O) groups excluding carboxylic acids is 1. The Morgan fingerprint density at radius 2 is 2.32 bits per heavy atom. The van der Waals surface area contributed by atoms with E-state index in [1.807, 2.05) is 25.2 Å². The highest BCUT2D eigenvalue weighted by Crippen LogP contribution is 2.31. The van der Waals surface area contributed by atoms with Crippen LogP contribution >= 0.6 is 0 Å². The largest absolute Gasteiger partial charge is 0.338 e. The zero-order chi connectivity index (χ0) is 13.9. The monoisotopic (exact) mass is 261 g/mol. The Balaban J connectivity index is 2.02. The van der Waals surface area contributed by atoms with Crippen LogP contribution < -0.4 is 5.32 Å². The predicted octanol–water partition coefficient (Wildman–Crippen LogP) is 1.82. The Labute approximate surface area is 115 Å². The third-order valence-corrected chi connectivity index (χ3v) is 3.88. The van der Waals surface area contributed by atoms with Crippen molar-refractivity contribution in [3.05, 3.63) is 30.1 Å². The maximum atomic E-state index is 12.6. The van der Waals surface area contributed by atoms with Crippen molar-refractivity contribution in [2.45, 2.75) is 39.3 Å². The fraction of sp³-hybridized carbons (Fsp3) is 0.600. The lowest BCUT2D eigenvalue weighted by atomic mass is 9.77. The van der Waals surface area contributed by atoms with Crippen LogP contribution in [-0.2, 0) is 11.3 Å². The maximum Gasteiger partial charge on any atom is 0.240 e. The quantitative estimate of drug-likeness (QED) is 0.902. The third-order valence-electron chi connectivity index (χ3n) is 3.88. The number of pyridine rings is 1. The number of hydrogen-bond acceptors (Lipinski definition) is 3. The van der Waals surface area contributed by atoms with Crippen LogP contribution in [0.15, 0.2) is 24.4 Å². The molecule has 1 aromatic heterocycles. The van der Waals surface area contributed by atoms with E-state index < -0.39 is 0 Å². The second kappa shape index (κ2) is 5.70. The molecule has 1 aromatic rings. The summed E-state index contributed by atoms with van der Waals surface area (Å²) >= 11 is 0. The number of rotatable bonds is 3. The summed E-state index contributed by atoms with van der Waals surface area (Å²) in [7, 11) is 1.85. The number of aromatic nitrogens is 1. The first-order valence-electron chi connectivity index (χ1n) is 6.89. The molecule has 0 radical (unpaired) electrons. The van der Waals surface area contributed by atoms with Crippen LogP contribution in [0.1, 0.15) is 32.4 Å². The van der Waals surface area contributed by atoms with Crippen molar-refractivity contribution in [1.82, 2.24) is 15.2 Å². The van der Waals surface area contributed by atoms with E-state index in [4.69, 9.17) is 0 Å². The summed E-state index contributed by atoms with van der Waals surface area (Å²) in [6, 6.07) is 5.69. The first-order valence-corrected chi connectivity index (χ1v) is 6.89. The number of nitrogens with one attached hydrogen (secondary N) is 1. The summed E-state index contributed by atoms with van der Waals surface area (Å²) in [6.07, 6.45) is 3.99. The molecule has 4 heteroatoms. The molecule has 0 bridgehead atoms. The van der Waals surface area contributed by atoms with Gasteiger partial charge in [0, 0.05) is 13.2 Å². The van der Waals surface area contributed by atoms with Crippen LogP contribution in [0.5, 0.6) is 0 Å².